The third kappa shape index (κ3) is 6.74. The SMILES string of the molecule is CC(C)OCCCCNCc1cc(Br)ccc1Cl. The van der Waals surface area contributed by atoms with E-state index in [0.29, 0.717) is 6.10 Å². The van der Waals surface area contributed by atoms with Crippen LogP contribution in [-0.4, -0.2) is 19.3 Å². The zero-order valence-corrected chi connectivity index (χ0v) is 13.4. The van der Waals surface area contributed by atoms with Crippen LogP contribution in [-0.2, 0) is 11.3 Å². The standard InChI is InChI=1S/C14H21BrClNO/c1-11(2)18-8-4-3-7-17-10-12-9-13(15)5-6-14(12)16/h5-6,9,11,17H,3-4,7-8,10H2,1-2H3. The van der Waals surface area contributed by atoms with Gasteiger partial charge in [-0.15, -0.1) is 0 Å². The maximum absolute atomic E-state index is 6.11. The smallest absolute Gasteiger partial charge is 0.0518 e. The van der Waals surface area contributed by atoms with Gasteiger partial charge in [-0.2, -0.15) is 0 Å². The van der Waals surface area contributed by atoms with Gasteiger partial charge in [-0.3, -0.25) is 0 Å². The highest BCUT2D eigenvalue weighted by Crippen LogP contribution is 2.20. The van der Waals surface area contributed by atoms with E-state index in [9.17, 15) is 0 Å². The highest BCUT2D eigenvalue weighted by molar-refractivity contribution is 9.10. The number of ether oxygens (including phenoxy) is 1. The molecule has 0 saturated heterocycles. The molecule has 1 aromatic carbocycles. The molecule has 2 nitrogen and oxygen atoms in total. The van der Waals surface area contributed by atoms with Crippen LogP contribution in [0.2, 0.25) is 5.02 Å². The van der Waals surface area contributed by atoms with Crippen LogP contribution in [0.25, 0.3) is 0 Å². The fraction of sp³-hybridized carbons (Fsp3) is 0.571. The minimum Gasteiger partial charge on any atom is -0.379 e. The molecule has 0 bridgehead atoms. The molecule has 0 aliphatic carbocycles. The third-order valence-corrected chi connectivity index (χ3v) is 3.38. The molecule has 0 spiro atoms. The summed E-state index contributed by atoms with van der Waals surface area (Å²) in [4.78, 5) is 0. The predicted octanol–water partition coefficient (Wildman–Crippen LogP) is 4.40. The molecule has 0 saturated carbocycles. The highest BCUT2D eigenvalue weighted by atomic mass is 79.9. The van der Waals surface area contributed by atoms with Crippen molar-refractivity contribution in [2.24, 2.45) is 0 Å². The first kappa shape index (κ1) is 16.0. The molecular weight excluding hydrogens is 314 g/mol. The van der Waals surface area contributed by atoms with Gasteiger partial charge in [0.25, 0.3) is 0 Å². The zero-order valence-electron chi connectivity index (χ0n) is 11.0. The van der Waals surface area contributed by atoms with Gasteiger partial charge in [-0.05, 0) is 57.0 Å². The minimum absolute atomic E-state index is 0.332. The van der Waals surface area contributed by atoms with Gasteiger partial charge in [0.1, 0.15) is 0 Å². The van der Waals surface area contributed by atoms with Crippen molar-refractivity contribution in [2.45, 2.75) is 39.3 Å². The second-order valence-electron chi connectivity index (χ2n) is 4.54. The second-order valence-corrected chi connectivity index (χ2v) is 5.86. The zero-order chi connectivity index (χ0) is 13.4. The molecule has 0 aliphatic rings. The van der Waals surface area contributed by atoms with Crippen molar-refractivity contribution in [1.29, 1.82) is 0 Å². The Hall–Kier alpha value is -0.0900. The number of halogens is 2. The van der Waals surface area contributed by atoms with E-state index >= 15 is 0 Å². The monoisotopic (exact) mass is 333 g/mol. The summed E-state index contributed by atoms with van der Waals surface area (Å²) in [6.07, 6.45) is 2.55. The van der Waals surface area contributed by atoms with E-state index in [2.05, 4.69) is 41.2 Å². The minimum atomic E-state index is 0.332. The number of rotatable bonds is 8. The lowest BCUT2D eigenvalue weighted by Crippen LogP contribution is -2.16. The fourth-order valence-electron chi connectivity index (χ4n) is 1.57. The topological polar surface area (TPSA) is 21.3 Å². The first-order chi connectivity index (χ1) is 8.59. The molecule has 0 atom stereocenters. The second kappa shape index (κ2) is 8.92. The van der Waals surface area contributed by atoms with Crippen molar-refractivity contribution in [2.75, 3.05) is 13.2 Å². The summed E-state index contributed by atoms with van der Waals surface area (Å²) >= 11 is 9.56. The molecule has 0 amide bonds. The van der Waals surface area contributed by atoms with E-state index in [1.807, 2.05) is 12.1 Å². The van der Waals surface area contributed by atoms with Gasteiger partial charge in [0, 0.05) is 22.6 Å². The summed E-state index contributed by atoms with van der Waals surface area (Å²) in [7, 11) is 0. The Kier molecular flexibility index (Phi) is 7.91. The maximum atomic E-state index is 6.11. The fourth-order valence-corrected chi connectivity index (χ4v) is 2.17. The molecule has 0 radical (unpaired) electrons. The Morgan fingerprint density at radius 1 is 1.33 bits per heavy atom. The van der Waals surface area contributed by atoms with E-state index in [1.54, 1.807) is 0 Å². The van der Waals surface area contributed by atoms with Crippen LogP contribution in [0.3, 0.4) is 0 Å². The van der Waals surface area contributed by atoms with Gasteiger partial charge in [0.2, 0.25) is 0 Å². The van der Waals surface area contributed by atoms with Crippen LogP contribution in [0, 0.1) is 0 Å². The lowest BCUT2D eigenvalue weighted by Gasteiger charge is -2.09. The quantitative estimate of drug-likeness (QED) is 0.712. The van der Waals surface area contributed by atoms with Crippen LogP contribution >= 0.6 is 27.5 Å². The maximum Gasteiger partial charge on any atom is 0.0518 e. The molecule has 0 unspecified atom stereocenters. The van der Waals surface area contributed by atoms with Gasteiger partial charge in [-0.1, -0.05) is 27.5 Å². The lowest BCUT2D eigenvalue weighted by molar-refractivity contribution is 0.0760. The highest BCUT2D eigenvalue weighted by Gasteiger charge is 2.00. The average Bonchev–Trinajstić information content (AvgIpc) is 2.32. The molecule has 102 valence electrons. The van der Waals surface area contributed by atoms with Crippen molar-refractivity contribution in [3.8, 4) is 0 Å². The predicted molar refractivity (Wildman–Crippen MR) is 81.2 cm³/mol. The Labute approximate surface area is 123 Å². The van der Waals surface area contributed by atoms with Crippen molar-refractivity contribution >= 4 is 27.5 Å². The molecule has 1 N–H and O–H groups in total. The van der Waals surface area contributed by atoms with Gasteiger partial charge < -0.3 is 10.1 Å². The first-order valence-electron chi connectivity index (χ1n) is 6.36. The lowest BCUT2D eigenvalue weighted by atomic mass is 10.2. The van der Waals surface area contributed by atoms with Gasteiger partial charge in [0.15, 0.2) is 0 Å². The van der Waals surface area contributed by atoms with Crippen LogP contribution in [0.5, 0.6) is 0 Å². The van der Waals surface area contributed by atoms with E-state index in [4.69, 9.17) is 16.3 Å². The molecule has 1 aromatic rings. The van der Waals surface area contributed by atoms with Crippen molar-refractivity contribution in [1.82, 2.24) is 5.32 Å². The molecule has 0 aliphatic heterocycles. The van der Waals surface area contributed by atoms with E-state index < -0.39 is 0 Å². The van der Waals surface area contributed by atoms with Gasteiger partial charge in [0.05, 0.1) is 6.10 Å². The van der Waals surface area contributed by atoms with Gasteiger partial charge >= 0.3 is 0 Å². The Bertz CT molecular complexity index is 358. The molecule has 0 heterocycles. The molecule has 18 heavy (non-hydrogen) atoms. The Balaban J connectivity index is 2.12. The summed E-state index contributed by atoms with van der Waals surface area (Å²) < 4.78 is 6.55. The number of benzene rings is 1. The van der Waals surface area contributed by atoms with Crippen molar-refractivity contribution < 1.29 is 4.74 Å². The normalized spacial score (nSPS) is 11.2. The summed E-state index contributed by atoms with van der Waals surface area (Å²) in [5.74, 6) is 0. The largest absolute Gasteiger partial charge is 0.379 e. The molecule has 1 rings (SSSR count). The van der Waals surface area contributed by atoms with Gasteiger partial charge in [-0.25, -0.2) is 0 Å². The number of hydrogen-bond acceptors (Lipinski definition) is 2. The van der Waals surface area contributed by atoms with Crippen LogP contribution in [0.15, 0.2) is 22.7 Å². The first-order valence-corrected chi connectivity index (χ1v) is 7.53. The van der Waals surface area contributed by atoms with Crippen LogP contribution in [0.1, 0.15) is 32.3 Å². The van der Waals surface area contributed by atoms with E-state index in [-0.39, 0.29) is 0 Å². The summed E-state index contributed by atoms with van der Waals surface area (Å²) in [6, 6.07) is 5.92. The van der Waals surface area contributed by atoms with Crippen molar-refractivity contribution in [3.63, 3.8) is 0 Å². The summed E-state index contributed by atoms with van der Waals surface area (Å²) in [5, 5.41) is 4.21. The molecule has 0 aromatic heterocycles. The number of unbranched alkanes of at least 4 members (excludes halogenated alkanes) is 1. The summed E-state index contributed by atoms with van der Waals surface area (Å²) in [6.45, 7) is 6.77. The average molecular weight is 335 g/mol. The van der Waals surface area contributed by atoms with Crippen LogP contribution in [0.4, 0.5) is 0 Å². The van der Waals surface area contributed by atoms with Crippen LogP contribution < -0.4 is 5.32 Å². The van der Waals surface area contributed by atoms with E-state index in [0.717, 1.165) is 47.6 Å². The van der Waals surface area contributed by atoms with E-state index in [1.165, 1.54) is 0 Å². The Morgan fingerprint density at radius 3 is 2.83 bits per heavy atom. The molecule has 0 fully saturated rings. The molecule has 4 heteroatoms. The summed E-state index contributed by atoms with van der Waals surface area (Å²) in [5.41, 5.74) is 1.13. The Morgan fingerprint density at radius 2 is 2.11 bits per heavy atom. The number of nitrogens with one attached hydrogen (secondary N) is 1. The van der Waals surface area contributed by atoms with Crippen molar-refractivity contribution in [3.05, 3.63) is 33.3 Å². The molecular formula is C14H21BrClNO. The number of hydrogen-bond donors (Lipinski definition) is 1. The third-order valence-electron chi connectivity index (χ3n) is 2.52.